The Morgan fingerprint density at radius 1 is 1.17 bits per heavy atom. The van der Waals surface area contributed by atoms with Gasteiger partial charge in [0.05, 0.1) is 24.0 Å². The quantitative estimate of drug-likeness (QED) is 0.174. The van der Waals surface area contributed by atoms with E-state index in [1.807, 2.05) is 18.2 Å². The molecule has 4 aromatic rings. The van der Waals surface area contributed by atoms with Crippen molar-refractivity contribution in [3.8, 4) is 17.7 Å². The highest BCUT2D eigenvalue weighted by atomic mass is 35.5. The Kier molecular flexibility index (Phi) is 9.20. The Morgan fingerprint density at radius 3 is 2.70 bits per heavy atom. The molecule has 6 rings (SSSR count). The summed E-state index contributed by atoms with van der Waals surface area (Å²) in [7, 11) is 0. The van der Waals surface area contributed by atoms with Gasteiger partial charge in [-0.2, -0.15) is 5.26 Å². The van der Waals surface area contributed by atoms with Crippen molar-refractivity contribution in [2.24, 2.45) is 5.41 Å². The zero-order chi connectivity index (χ0) is 32.3. The van der Waals surface area contributed by atoms with Crippen LogP contribution in [0.2, 0.25) is 5.02 Å². The maximum Gasteiger partial charge on any atom is 0.328 e. The first-order valence-electron chi connectivity index (χ1n) is 15.3. The molecule has 1 saturated carbocycles. The fourth-order valence-electron chi connectivity index (χ4n) is 5.79. The monoisotopic (exact) mass is 644 g/mol. The molecule has 46 heavy (non-hydrogen) atoms. The van der Waals surface area contributed by atoms with Crippen molar-refractivity contribution in [3.05, 3.63) is 82.7 Å². The summed E-state index contributed by atoms with van der Waals surface area (Å²) in [4.78, 5) is 27.9. The molecule has 0 amide bonds. The van der Waals surface area contributed by atoms with Crippen molar-refractivity contribution in [3.63, 3.8) is 0 Å². The van der Waals surface area contributed by atoms with Crippen LogP contribution in [0.5, 0.6) is 11.6 Å². The first-order valence-corrected chi connectivity index (χ1v) is 15.7. The van der Waals surface area contributed by atoms with E-state index in [0.717, 1.165) is 56.2 Å². The molecular formula is C34H34ClFN6O4. The number of likely N-dealkylation sites (tertiary alicyclic amines) is 1. The number of ether oxygens (including phenoxy) is 2. The lowest BCUT2D eigenvalue weighted by atomic mass is 10.0. The van der Waals surface area contributed by atoms with Crippen LogP contribution in [0.3, 0.4) is 0 Å². The Bertz CT molecular complexity index is 1820. The van der Waals surface area contributed by atoms with Gasteiger partial charge in [-0.05, 0) is 74.6 Å². The molecule has 0 bridgehead atoms. The molecule has 238 valence electrons. The van der Waals surface area contributed by atoms with Crippen LogP contribution in [0.4, 0.5) is 4.39 Å². The SMILES string of the molecule is C/C(=C\C(=O)O)c1ccc2nc(CN3CCC(Oc4cccc(COc5ccc(Cl)cc5F)n4)CC3)n(CC3(CC#N)CC3)c2n1. The molecule has 12 heteroatoms. The number of carboxylic acid groups (broad SMARTS) is 1. The number of aliphatic carboxylic acids is 1. The minimum Gasteiger partial charge on any atom is -0.484 e. The fraction of sp³-hybridized carbons (Fsp3) is 0.382. The Balaban J connectivity index is 1.11. The number of nitriles is 1. The molecule has 1 saturated heterocycles. The number of nitrogens with zero attached hydrogens (tertiary/aromatic N) is 6. The van der Waals surface area contributed by atoms with E-state index in [1.54, 1.807) is 25.1 Å². The lowest BCUT2D eigenvalue weighted by molar-refractivity contribution is -0.131. The van der Waals surface area contributed by atoms with Crippen molar-refractivity contribution in [2.45, 2.75) is 64.8 Å². The summed E-state index contributed by atoms with van der Waals surface area (Å²) in [5.74, 6) is -0.0540. The molecule has 1 aliphatic carbocycles. The van der Waals surface area contributed by atoms with Crippen LogP contribution in [0, 0.1) is 22.6 Å². The van der Waals surface area contributed by atoms with Gasteiger partial charge in [0.15, 0.2) is 17.2 Å². The van der Waals surface area contributed by atoms with Crippen LogP contribution in [0.15, 0.2) is 54.6 Å². The predicted molar refractivity (Wildman–Crippen MR) is 170 cm³/mol. The predicted octanol–water partition coefficient (Wildman–Crippen LogP) is 6.42. The maximum absolute atomic E-state index is 14.1. The van der Waals surface area contributed by atoms with E-state index in [9.17, 15) is 19.6 Å². The summed E-state index contributed by atoms with van der Waals surface area (Å²) in [5, 5.41) is 19.0. The van der Waals surface area contributed by atoms with Crippen LogP contribution in [0.25, 0.3) is 16.7 Å². The highest BCUT2D eigenvalue weighted by Crippen LogP contribution is 2.50. The van der Waals surface area contributed by atoms with Crippen LogP contribution in [-0.4, -0.2) is 54.7 Å². The second kappa shape index (κ2) is 13.4. The van der Waals surface area contributed by atoms with E-state index in [-0.39, 0.29) is 23.9 Å². The van der Waals surface area contributed by atoms with Crippen LogP contribution >= 0.6 is 11.6 Å². The van der Waals surface area contributed by atoms with E-state index in [4.69, 9.17) is 31.0 Å². The number of benzene rings is 1. The number of fused-ring (bicyclic) bond motifs is 1. The smallest absolute Gasteiger partial charge is 0.328 e. The summed E-state index contributed by atoms with van der Waals surface area (Å²) in [6, 6.07) is 15.8. The molecule has 0 atom stereocenters. The molecule has 0 spiro atoms. The molecule has 4 heterocycles. The summed E-state index contributed by atoms with van der Waals surface area (Å²) in [5.41, 5.74) is 3.16. The summed E-state index contributed by atoms with van der Waals surface area (Å²) >= 11 is 5.82. The zero-order valence-corrected chi connectivity index (χ0v) is 26.2. The maximum atomic E-state index is 14.1. The average molecular weight is 645 g/mol. The number of hydrogen-bond acceptors (Lipinski definition) is 8. The van der Waals surface area contributed by atoms with E-state index in [1.165, 1.54) is 12.1 Å². The van der Waals surface area contributed by atoms with Gasteiger partial charge in [-0.1, -0.05) is 17.7 Å². The van der Waals surface area contributed by atoms with Crippen LogP contribution in [-0.2, 0) is 24.5 Å². The number of pyridine rings is 2. The molecule has 10 nitrogen and oxygen atoms in total. The summed E-state index contributed by atoms with van der Waals surface area (Å²) in [6.07, 6.45) is 5.20. The third-order valence-corrected chi connectivity index (χ3v) is 8.79. The fourth-order valence-corrected chi connectivity index (χ4v) is 5.95. The highest BCUT2D eigenvalue weighted by molar-refractivity contribution is 6.30. The minimum absolute atomic E-state index is 0.00831. The molecule has 1 aliphatic heterocycles. The summed E-state index contributed by atoms with van der Waals surface area (Å²) < 4.78 is 28.0. The van der Waals surface area contributed by atoms with Gasteiger partial charge in [-0.3, -0.25) is 4.90 Å². The molecule has 2 aliphatic rings. The van der Waals surface area contributed by atoms with Gasteiger partial charge in [0.25, 0.3) is 0 Å². The first-order chi connectivity index (χ1) is 22.2. The second-order valence-corrected chi connectivity index (χ2v) is 12.5. The number of allylic oxidation sites excluding steroid dienone is 1. The molecule has 1 aromatic carbocycles. The molecule has 0 radical (unpaired) electrons. The first kappa shape index (κ1) is 31.5. The van der Waals surface area contributed by atoms with Gasteiger partial charge in [-0.25, -0.2) is 24.1 Å². The van der Waals surface area contributed by atoms with E-state index in [0.29, 0.717) is 53.0 Å². The number of aromatic nitrogens is 4. The second-order valence-electron chi connectivity index (χ2n) is 12.1. The largest absolute Gasteiger partial charge is 0.484 e. The van der Waals surface area contributed by atoms with Crippen molar-refractivity contribution in [1.29, 1.82) is 5.26 Å². The van der Waals surface area contributed by atoms with Gasteiger partial charge in [0, 0.05) is 48.6 Å². The van der Waals surface area contributed by atoms with Crippen molar-refractivity contribution in [2.75, 3.05) is 13.1 Å². The lowest BCUT2D eigenvalue weighted by Gasteiger charge is -2.31. The van der Waals surface area contributed by atoms with Crippen LogP contribution in [0.1, 0.15) is 56.2 Å². The van der Waals surface area contributed by atoms with Crippen LogP contribution < -0.4 is 9.47 Å². The topological polar surface area (TPSA) is 126 Å². The van der Waals surface area contributed by atoms with Crippen molar-refractivity contribution < 1.29 is 23.8 Å². The van der Waals surface area contributed by atoms with E-state index < -0.39 is 11.8 Å². The number of carbonyl (C=O) groups is 1. The Labute approximate surface area is 271 Å². The van der Waals surface area contributed by atoms with Gasteiger partial charge >= 0.3 is 5.97 Å². The van der Waals surface area contributed by atoms with Gasteiger partial charge in [-0.15, -0.1) is 0 Å². The minimum atomic E-state index is -1.02. The zero-order valence-electron chi connectivity index (χ0n) is 25.5. The standard InChI is InChI=1S/C34H34ClFN6O4/c1-22(17-32(43)44)27-6-7-28-33(40-27)42(21-34(11-12-34)13-14-37)30(39-28)19-41-15-9-25(10-16-41)46-31-4-2-3-24(38-31)20-45-29-8-5-23(35)18-26(29)36/h2-8,17-18,25H,9-13,15-16,19-21H2,1H3,(H,43,44)/b22-17+. The van der Waals surface area contributed by atoms with Gasteiger partial charge < -0.3 is 19.1 Å². The molecule has 3 aromatic heterocycles. The third-order valence-electron chi connectivity index (χ3n) is 8.56. The molecular weight excluding hydrogens is 611 g/mol. The lowest BCUT2D eigenvalue weighted by Crippen LogP contribution is -2.38. The Morgan fingerprint density at radius 2 is 1.98 bits per heavy atom. The number of halogens is 2. The molecule has 1 N–H and O–H groups in total. The number of imidazole rings is 1. The van der Waals surface area contributed by atoms with Crippen molar-refractivity contribution in [1.82, 2.24) is 24.4 Å². The molecule has 0 unspecified atom stereocenters. The molecule has 2 fully saturated rings. The van der Waals surface area contributed by atoms with E-state index >= 15 is 0 Å². The van der Waals surface area contributed by atoms with Gasteiger partial charge in [0.1, 0.15) is 24.1 Å². The normalized spacial score (nSPS) is 16.7. The highest BCUT2D eigenvalue weighted by Gasteiger charge is 2.43. The number of carboxylic acids is 1. The number of piperidine rings is 1. The average Bonchev–Trinajstić information content (AvgIpc) is 3.71. The van der Waals surface area contributed by atoms with Crippen molar-refractivity contribution >= 4 is 34.3 Å². The van der Waals surface area contributed by atoms with E-state index in [2.05, 4.69) is 20.5 Å². The third kappa shape index (κ3) is 7.46. The Hall–Kier alpha value is -4.53. The summed E-state index contributed by atoms with van der Waals surface area (Å²) in [6.45, 7) is 4.70. The van der Waals surface area contributed by atoms with Gasteiger partial charge in [0.2, 0.25) is 5.88 Å². The number of rotatable bonds is 12. The number of hydrogen-bond donors (Lipinski definition) is 1.